The lowest BCUT2D eigenvalue weighted by molar-refractivity contribution is -0.0459. The molecule has 3 saturated carbocycles. The highest BCUT2D eigenvalue weighted by Crippen LogP contribution is 2.64. The second-order valence-electron chi connectivity index (χ2n) is 5.75. The lowest BCUT2D eigenvalue weighted by atomic mass is 9.77. The highest BCUT2D eigenvalue weighted by molar-refractivity contribution is 5.15. The van der Waals surface area contributed by atoms with Crippen LogP contribution in [0.4, 0.5) is 0 Å². The van der Waals surface area contributed by atoms with E-state index in [-0.39, 0.29) is 5.60 Å². The van der Waals surface area contributed by atoms with Crippen LogP contribution in [0, 0.1) is 17.8 Å². The van der Waals surface area contributed by atoms with Gasteiger partial charge < -0.3 is 9.84 Å². The SMILES string of the molecule is CCOC1CC(CC2(O)C3CCCC32)C1. The van der Waals surface area contributed by atoms with E-state index >= 15 is 0 Å². The first-order chi connectivity index (χ1) is 7.24. The topological polar surface area (TPSA) is 29.5 Å². The van der Waals surface area contributed by atoms with Crippen LogP contribution in [0.1, 0.15) is 45.4 Å². The quantitative estimate of drug-likeness (QED) is 0.772. The smallest absolute Gasteiger partial charge is 0.0713 e. The number of ether oxygens (including phenoxy) is 1. The number of hydrogen-bond donors (Lipinski definition) is 1. The molecule has 3 fully saturated rings. The molecule has 2 unspecified atom stereocenters. The van der Waals surface area contributed by atoms with Crippen LogP contribution in [0.2, 0.25) is 0 Å². The lowest BCUT2D eigenvalue weighted by Crippen LogP contribution is -2.35. The molecule has 0 aliphatic heterocycles. The molecule has 2 heteroatoms. The number of hydrogen-bond acceptors (Lipinski definition) is 2. The van der Waals surface area contributed by atoms with E-state index in [0.717, 1.165) is 18.9 Å². The standard InChI is InChI=1S/C13H22O2/c1-2-15-10-6-9(7-10)8-13(14)11-4-3-5-12(11)13/h9-12,14H,2-8H2,1H3. The Labute approximate surface area is 92.0 Å². The molecule has 86 valence electrons. The Morgan fingerprint density at radius 3 is 2.53 bits per heavy atom. The number of aliphatic hydroxyl groups is 1. The Balaban J connectivity index is 1.45. The van der Waals surface area contributed by atoms with Gasteiger partial charge in [-0.1, -0.05) is 6.42 Å². The molecule has 0 spiro atoms. The van der Waals surface area contributed by atoms with Crippen molar-refractivity contribution in [1.82, 2.24) is 0 Å². The van der Waals surface area contributed by atoms with Gasteiger partial charge in [-0.05, 0) is 56.8 Å². The van der Waals surface area contributed by atoms with Crippen molar-refractivity contribution in [2.24, 2.45) is 17.8 Å². The van der Waals surface area contributed by atoms with Crippen molar-refractivity contribution in [3.8, 4) is 0 Å². The molecule has 0 heterocycles. The first kappa shape index (κ1) is 10.1. The summed E-state index contributed by atoms with van der Waals surface area (Å²) in [4.78, 5) is 0. The van der Waals surface area contributed by atoms with Crippen LogP contribution in [0.3, 0.4) is 0 Å². The molecule has 15 heavy (non-hydrogen) atoms. The van der Waals surface area contributed by atoms with E-state index in [1.54, 1.807) is 0 Å². The third kappa shape index (κ3) is 1.53. The summed E-state index contributed by atoms with van der Waals surface area (Å²) in [6, 6.07) is 0. The Bertz CT molecular complexity index is 235. The molecule has 2 nitrogen and oxygen atoms in total. The van der Waals surface area contributed by atoms with E-state index in [4.69, 9.17) is 4.74 Å². The van der Waals surface area contributed by atoms with Crippen molar-refractivity contribution >= 4 is 0 Å². The van der Waals surface area contributed by atoms with E-state index in [1.807, 2.05) is 0 Å². The maximum absolute atomic E-state index is 10.4. The monoisotopic (exact) mass is 210 g/mol. The molecule has 3 rings (SSSR count). The fourth-order valence-corrected chi connectivity index (χ4v) is 4.03. The van der Waals surface area contributed by atoms with Gasteiger partial charge >= 0.3 is 0 Å². The first-order valence-electron chi connectivity index (χ1n) is 6.58. The molecule has 0 aromatic carbocycles. The zero-order chi connectivity index (χ0) is 10.5. The second kappa shape index (κ2) is 3.46. The highest BCUT2D eigenvalue weighted by Gasteiger charge is 2.65. The first-order valence-corrected chi connectivity index (χ1v) is 6.58. The van der Waals surface area contributed by atoms with E-state index in [2.05, 4.69) is 6.92 Å². The minimum Gasteiger partial charge on any atom is -0.389 e. The summed E-state index contributed by atoms with van der Waals surface area (Å²) in [6.07, 6.45) is 7.86. The van der Waals surface area contributed by atoms with Crippen molar-refractivity contribution in [1.29, 1.82) is 0 Å². The van der Waals surface area contributed by atoms with Crippen LogP contribution < -0.4 is 0 Å². The van der Waals surface area contributed by atoms with Crippen LogP contribution in [0.15, 0.2) is 0 Å². The molecule has 0 radical (unpaired) electrons. The lowest BCUT2D eigenvalue weighted by Gasteiger charge is -2.37. The molecular formula is C13H22O2. The summed E-state index contributed by atoms with van der Waals surface area (Å²) in [5.41, 5.74) is -0.236. The summed E-state index contributed by atoms with van der Waals surface area (Å²) in [7, 11) is 0. The van der Waals surface area contributed by atoms with Gasteiger partial charge in [0.1, 0.15) is 0 Å². The van der Waals surface area contributed by atoms with Crippen molar-refractivity contribution in [3.05, 3.63) is 0 Å². The maximum Gasteiger partial charge on any atom is 0.0713 e. The Morgan fingerprint density at radius 2 is 1.93 bits per heavy atom. The Kier molecular flexibility index (Phi) is 2.33. The van der Waals surface area contributed by atoms with Gasteiger partial charge in [-0.25, -0.2) is 0 Å². The van der Waals surface area contributed by atoms with Gasteiger partial charge in [-0.2, -0.15) is 0 Å². The van der Waals surface area contributed by atoms with Crippen LogP contribution in [0.5, 0.6) is 0 Å². The fourth-order valence-electron chi connectivity index (χ4n) is 4.03. The van der Waals surface area contributed by atoms with Gasteiger partial charge in [0.05, 0.1) is 11.7 Å². The van der Waals surface area contributed by atoms with E-state index in [0.29, 0.717) is 17.9 Å². The van der Waals surface area contributed by atoms with Gasteiger partial charge in [0.15, 0.2) is 0 Å². The summed E-state index contributed by atoms with van der Waals surface area (Å²) < 4.78 is 5.56. The van der Waals surface area contributed by atoms with Gasteiger partial charge in [-0.15, -0.1) is 0 Å². The average Bonchev–Trinajstić information content (AvgIpc) is 2.60. The summed E-state index contributed by atoms with van der Waals surface area (Å²) in [5, 5.41) is 10.4. The minimum absolute atomic E-state index is 0.236. The fraction of sp³-hybridized carbons (Fsp3) is 1.00. The molecule has 0 bridgehead atoms. The van der Waals surface area contributed by atoms with Crippen molar-refractivity contribution in [2.45, 2.75) is 57.2 Å². The largest absolute Gasteiger partial charge is 0.389 e. The Morgan fingerprint density at radius 1 is 1.27 bits per heavy atom. The van der Waals surface area contributed by atoms with Crippen molar-refractivity contribution in [3.63, 3.8) is 0 Å². The molecule has 0 saturated heterocycles. The van der Waals surface area contributed by atoms with Gasteiger partial charge in [0.25, 0.3) is 0 Å². The molecular weight excluding hydrogens is 188 g/mol. The van der Waals surface area contributed by atoms with Crippen LogP contribution in [-0.2, 0) is 4.74 Å². The average molecular weight is 210 g/mol. The highest BCUT2D eigenvalue weighted by atomic mass is 16.5. The zero-order valence-electron chi connectivity index (χ0n) is 9.61. The van der Waals surface area contributed by atoms with Crippen molar-refractivity contribution < 1.29 is 9.84 Å². The molecule has 0 aromatic rings. The number of fused-ring (bicyclic) bond motifs is 1. The molecule has 0 amide bonds. The van der Waals surface area contributed by atoms with E-state index < -0.39 is 0 Å². The Hall–Kier alpha value is -0.0800. The predicted octanol–water partition coefficient (Wildman–Crippen LogP) is 2.35. The van der Waals surface area contributed by atoms with E-state index in [9.17, 15) is 5.11 Å². The molecule has 2 atom stereocenters. The van der Waals surface area contributed by atoms with Gasteiger partial charge in [0.2, 0.25) is 0 Å². The summed E-state index contributed by atoms with van der Waals surface area (Å²) >= 11 is 0. The molecule has 1 N–H and O–H groups in total. The van der Waals surface area contributed by atoms with Crippen LogP contribution in [0.25, 0.3) is 0 Å². The van der Waals surface area contributed by atoms with Crippen LogP contribution in [-0.4, -0.2) is 23.4 Å². The molecule has 3 aliphatic carbocycles. The number of rotatable bonds is 4. The zero-order valence-corrected chi connectivity index (χ0v) is 9.61. The third-order valence-electron chi connectivity index (χ3n) is 4.90. The van der Waals surface area contributed by atoms with Gasteiger partial charge in [0, 0.05) is 6.61 Å². The second-order valence-corrected chi connectivity index (χ2v) is 5.75. The third-order valence-corrected chi connectivity index (χ3v) is 4.90. The predicted molar refractivity (Wildman–Crippen MR) is 58.5 cm³/mol. The summed E-state index contributed by atoms with van der Waals surface area (Å²) in [6.45, 7) is 2.90. The molecule has 0 aromatic heterocycles. The van der Waals surface area contributed by atoms with Crippen molar-refractivity contribution in [2.75, 3.05) is 6.61 Å². The normalized spacial score (nSPS) is 52.4. The van der Waals surface area contributed by atoms with Crippen LogP contribution >= 0.6 is 0 Å². The van der Waals surface area contributed by atoms with Gasteiger partial charge in [-0.3, -0.25) is 0 Å². The summed E-state index contributed by atoms with van der Waals surface area (Å²) in [5.74, 6) is 2.09. The van der Waals surface area contributed by atoms with E-state index in [1.165, 1.54) is 32.1 Å². The minimum atomic E-state index is -0.236. The molecule has 3 aliphatic rings. The maximum atomic E-state index is 10.4.